The second-order valence-electron chi connectivity index (χ2n) is 18.1. The molecule has 0 bridgehead atoms. The lowest BCUT2D eigenvalue weighted by Gasteiger charge is -2.42. The maximum Gasteiger partial charge on any atom is 0.407 e. The molecule has 0 spiro atoms. The summed E-state index contributed by atoms with van der Waals surface area (Å²) in [5.41, 5.74) is 8.18. The molecule has 4 heterocycles. The van der Waals surface area contributed by atoms with Crippen LogP contribution < -0.4 is 20.9 Å². The number of ether oxygens (including phenoxy) is 2. The molecule has 0 unspecified atom stereocenters. The standard InChI is InChI=1S/C48H60N6O8/c55-37(19-25-61-47(59)49-31-13-3-1-4-14-31)51-41-33-17-9-23-53-21-7-11-29(43(33)53)27-35(41)39-45(57)40(46(39)58)36-28-30-12-8-22-54-24-10-18-34(44(30)54)42(36)52-38(56)20-26-62-48(60)50-32-15-5-2-6-16-32/h27-28,31-32,57H,1-26H2,(H,49,59)(H,50,60)(H,51,55)/b40-36+,52-42?. The van der Waals surface area contributed by atoms with E-state index in [1.807, 2.05) is 12.1 Å². The Labute approximate surface area is 363 Å². The molecule has 4 amide bonds. The van der Waals surface area contributed by atoms with Gasteiger partial charge in [-0.1, -0.05) is 38.5 Å². The molecule has 4 N–H and O–H groups in total. The highest BCUT2D eigenvalue weighted by molar-refractivity contribution is 6.42. The number of alkyl carbamates (subject to hydrolysis) is 2. The Bertz CT molecular complexity index is 2190. The van der Waals surface area contributed by atoms with Crippen LogP contribution in [-0.2, 0) is 36.7 Å². The Hall–Kier alpha value is -5.40. The number of aryl methyl sites for hydroxylation is 1. The van der Waals surface area contributed by atoms with Crippen LogP contribution in [0, 0.1) is 0 Å². The highest BCUT2D eigenvalue weighted by Gasteiger charge is 2.43. The highest BCUT2D eigenvalue weighted by Crippen LogP contribution is 2.50. The molecule has 3 fully saturated rings. The number of allylic oxidation sites excluding steroid dienone is 6. The van der Waals surface area contributed by atoms with Gasteiger partial charge in [0.1, 0.15) is 19.0 Å². The fourth-order valence-electron chi connectivity index (χ4n) is 11.0. The molecule has 0 atom stereocenters. The molecule has 0 radical (unpaired) electrons. The number of Topliss-reactive ketones (excluding diaryl/α,β-unsaturated/α-hetero) is 1. The van der Waals surface area contributed by atoms with Gasteiger partial charge in [0.25, 0.3) is 0 Å². The summed E-state index contributed by atoms with van der Waals surface area (Å²) < 4.78 is 10.8. The van der Waals surface area contributed by atoms with Crippen molar-refractivity contribution in [1.82, 2.24) is 15.5 Å². The number of aliphatic hydroxyl groups is 1. The van der Waals surface area contributed by atoms with Gasteiger partial charge in [-0.15, -0.1) is 0 Å². The lowest BCUT2D eigenvalue weighted by Crippen LogP contribution is -2.39. The smallest absolute Gasteiger partial charge is 0.407 e. The van der Waals surface area contributed by atoms with Crippen molar-refractivity contribution >= 4 is 52.4 Å². The monoisotopic (exact) mass is 848 g/mol. The highest BCUT2D eigenvalue weighted by atomic mass is 16.6. The molecule has 62 heavy (non-hydrogen) atoms. The Morgan fingerprint density at radius 3 is 2.02 bits per heavy atom. The predicted octanol–water partition coefficient (Wildman–Crippen LogP) is 7.42. The van der Waals surface area contributed by atoms with Crippen LogP contribution in [0.5, 0.6) is 0 Å². The van der Waals surface area contributed by atoms with Gasteiger partial charge in [-0.05, 0) is 106 Å². The van der Waals surface area contributed by atoms with E-state index in [9.17, 15) is 29.1 Å². The Morgan fingerprint density at radius 1 is 0.726 bits per heavy atom. The minimum absolute atomic E-state index is 0.0713. The zero-order valence-corrected chi connectivity index (χ0v) is 35.8. The summed E-state index contributed by atoms with van der Waals surface area (Å²) in [4.78, 5) is 76.3. The van der Waals surface area contributed by atoms with E-state index in [0.717, 1.165) is 150 Å². The maximum atomic E-state index is 14.7. The first-order chi connectivity index (χ1) is 30.2. The molecule has 14 heteroatoms. The zero-order chi connectivity index (χ0) is 42.7. The zero-order valence-electron chi connectivity index (χ0n) is 35.8. The molecule has 1 aromatic carbocycles. The van der Waals surface area contributed by atoms with Gasteiger partial charge in [-0.3, -0.25) is 14.4 Å². The quantitative estimate of drug-likeness (QED) is 0.173. The number of ketones is 1. The first-order valence-corrected chi connectivity index (χ1v) is 23.4. The lowest BCUT2D eigenvalue weighted by molar-refractivity contribution is -0.118. The molecule has 0 aromatic heterocycles. The summed E-state index contributed by atoms with van der Waals surface area (Å²) in [5.74, 6) is -1.40. The number of piperidine rings is 1. The number of benzene rings is 1. The molecular weight excluding hydrogens is 789 g/mol. The van der Waals surface area contributed by atoms with Crippen LogP contribution in [0.1, 0.15) is 132 Å². The van der Waals surface area contributed by atoms with E-state index in [-0.39, 0.29) is 66.7 Å². The van der Waals surface area contributed by atoms with Crippen molar-refractivity contribution in [2.24, 2.45) is 4.99 Å². The average Bonchev–Trinajstić information content (AvgIpc) is 3.27. The average molecular weight is 849 g/mol. The van der Waals surface area contributed by atoms with Gasteiger partial charge in [0.2, 0.25) is 17.6 Å². The number of carbonyl (C=O) groups excluding carboxylic acids is 5. The van der Waals surface area contributed by atoms with Crippen LogP contribution in [-0.4, -0.2) is 97.0 Å². The molecule has 8 aliphatic rings. The number of rotatable bonds is 10. The van der Waals surface area contributed by atoms with Crippen LogP contribution in [0.25, 0.3) is 5.57 Å². The van der Waals surface area contributed by atoms with Crippen molar-refractivity contribution in [2.45, 2.75) is 141 Å². The van der Waals surface area contributed by atoms with Gasteiger partial charge < -0.3 is 40.3 Å². The SMILES string of the molecule is O=C(CCOC(=O)NC1CCCCC1)N=C1C2=C3C(=C/C1=C1\C(=O)C(c4cc5c6c(c4NC(=O)CCOC(=O)NC4CCCCC4)CCCN6CCC5)=C1O)CCCN3CCC2. The third kappa shape index (κ3) is 8.66. The van der Waals surface area contributed by atoms with E-state index in [1.165, 1.54) is 12.8 Å². The van der Waals surface area contributed by atoms with Crippen LogP contribution in [0.3, 0.4) is 0 Å². The number of nitrogens with one attached hydrogen (secondary N) is 3. The summed E-state index contributed by atoms with van der Waals surface area (Å²) in [6.45, 7) is 3.38. The molecule has 1 saturated heterocycles. The van der Waals surface area contributed by atoms with E-state index in [2.05, 4.69) is 30.7 Å². The van der Waals surface area contributed by atoms with Gasteiger partial charge in [-0.2, -0.15) is 0 Å². The number of hydrogen-bond donors (Lipinski definition) is 4. The van der Waals surface area contributed by atoms with E-state index in [0.29, 0.717) is 35.4 Å². The van der Waals surface area contributed by atoms with Crippen LogP contribution >= 0.6 is 0 Å². The maximum absolute atomic E-state index is 14.7. The fraction of sp³-hybridized carbons (Fsp3) is 0.583. The number of carbonyl (C=O) groups is 5. The number of anilines is 2. The minimum atomic E-state index is -0.534. The van der Waals surface area contributed by atoms with Crippen molar-refractivity contribution in [3.63, 3.8) is 0 Å². The number of aliphatic imine (C=N–C) groups is 1. The van der Waals surface area contributed by atoms with Crippen molar-refractivity contribution in [3.05, 3.63) is 62.6 Å². The van der Waals surface area contributed by atoms with Gasteiger partial charge >= 0.3 is 12.2 Å². The molecule has 4 aliphatic heterocycles. The predicted molar refractivity (Wildman–Crippen MR) is 235 cm³/mol. The van der Waals surface area contributed by atoms with Gasteiger partial charge in [0.15, 0.2) is 0 Å². The Balaban J connectivity index is 1.00. The van der Waals surface area contributed by atoms with Crippen LogP contribution in [0.4, 0.5) is 21.0 Å². The van der Waals surface area contributed by atoms with Gasteiger partial charge in [0, 0.05) is 66.4 Å². The summed E-state index contributed by atoms with van der Waals surface area (Å²) in [7, 11) is 0. The molecule has 2 saturated carbocycles. The Morgan fingerprint density at radius 2 is 1.34 bits per heavy atom. The second-order valence-corrected chi connectivity index (χ2v) is 18.1. The largest absolute Gasteiger partial charge is 0.506 e. The summed E-state index contributed by atoms with van der Waals surface area (Å²) in [6, 6.07) is 2.13. The van der Waals surface area contributed by atoms with Gasteiger partial charge in [-0.25, -0.2) is 14.6 Å². The fourth-order valence-corrected chi connectivity index (χ4v) is 11.0. The molecule has 14 nitrogen and oxygen atoms in total. The number of amides is 4. The van der Waals surface area contributed by atoms with Crippen LogP contribution in [0.2, 0.25) is 0 Å². The summed E-state index contributed by atoms with van der Waals surface area (Å²) in [6.07, 6.45) is 17.6. The molecule has 1 aromatic rings. The van der Waals surface area contributed by atoms with Crippen LogP contribution in [0.15, 0.2) is 50.9 Å². The second kappa shape index (κ2) is 18.5. The lowest BCUT2D eigenvalue weighted by atomic mass is 9.73. The van der Waals surface area contributed by atoms with E-state index in [4.69, 9.17) is 9.47 Å². The molecule has 330 valence electrons. The molecule has 4 aliphatic carbocycles. The number of hydrogen-bond acceptors (Lipinski definition) is 10. The van der Waals surface area contributed by atoms with Crippen molar-refractivity contribution in [3.8, 4) is 0 Å². The van der Waals surface area contributed by atoms with Crippen molar-refractivity contribution < 1.29 is 38.6 Å². The van der Waals surface area contributed by atoms with E-state index < -0.39 is 18.1 Å². The molecule has 9 rings (SSSR count). The summed E-state index contributed by atoms with van der Waals surface area (Å²) >= 11 is 0. The van der Waals surface area contributed by atoms with Crippen molar-refractivity contribution in [2.75, 3.05) is 49.6 Å². The minimum Gasteiger partial charge on any atom is -0.506 e. The van der Waals surface area contributed by atoms with Crippen molar-refractivity contribution in [1.29, 1.82) is 0 Å². The van der Waals surface area contributed by atoms with E-state index >= 15 is 0 Å². The van der Waals surface area contributed by atoms with Gasteiger partial charge in [0.05, 0.1) is 35.4 Å². The topological polar surface area (TPSA) is 179 Å². The van der Waals surface area contributed by atoms with E-state index in [1.54, 1.807) is 0 Å². The summed E-state index contributed by atoms with van der Waals surface area (Å²) in [5, 5.41) is 21.1. The third-order valence-electron chi connectivity index (χ3n) is 14.0. The number of aliphatic hydroxyl groups excluding tert-OH is 1. The third-order valence-corrected chi connectivity index (χ3v) is 14.0. The number of nitrogens with zero attached hydrogens (tertiary/aromatic N) is 3. The normalized spacial score (nSPS) is 23.3. The first kappa shape index (κ1) is 41.9. The first-order valence-electron chi connectivity index (χ1n) is 23.4. The molecular formula is C48H60N6O8. The Kier molecular flexibility index (Phi) is 12.5.